The molecule has 3 rings (SSSR count). The number of fused-ring (bicyclic) bond motifs is 1. The standard InChI is InChI=1S/C18H20N2O3S/c1-24(22,23)15-8-6-14(7-9-15)18(21)20-12-17-16-5-3-2-4-13(16)10-11-19-17/h2-9,17,19H,10-12H2,1H3,(H,20,21). The Bertz CT molecular complexity index is 845. The lowest BCUT2D eigenvalue weighted by molar-refractivity contribution is 0.0949. The molecular weight excluding hydrogens is 324 g/mol. The van der Waals surface area contributed by atoms with Crippen LogP contribution >= 0.6 is 0 Å². The number of hydrogen-bond donors (Lipinski definition) is 2. The second kappa shape index (κ2) is 6.75. The number of hydrogen-bond acceptors (Lipinski definition) is 4. The largest absolute Gasteiger partial charge is 0.350 e. The summed E-state index contributed by atoms with van der Waals surface area (Å²) in [5.41, 5.74) is 2.98. The predicted molar refractivity (Wildman–Crippen MR) is 92.8 cm³/mol. The smallest absolute Gasteiger partial charge is 0.251 e. The van der Waals surface area contributed by atoms with Gasteiger partial charge in [0.05, 0.1) is 4.90 Å². The molecule has 0 spiro atoms. The average molecular weight is 344 g/mol. The van der Waals surface area contributed by atoms with Gasteiger partial charge < -0.3 is 10.6 Å². The normalized spacial score (nSPS) is 17.1. The van der Waals surface area contributed by atoms with Gasteiger partial charge in [-0.05, 0) is 48.4 Å². The molecule has 0 aromatic heterocycles. The van der Waals surface area contributed by atoms with Crippen LogP contribution in [0.15, 0.2) is 53.4 Å². The zero-order chi connectivity index (χ0) is 17.2. The summed E-state index contributed by atoms with van der Waals surface area (Å²) in [6.45, 7) is 1.38. The van der Waals surface area contributed by atoms with Crippen molar-refractivity contribution in [1.29, 1.82) is 0 Å². The number of benzene rings is 2. The number of sulfone groups is 1. The quantitative estimate of drug-likeness (QED) is 0.885. The Hall–Kier alpha value is -2.18. The van der Waals surface area contributed by atoms with E-state index in [0.29, 0.717) is 12.1 Å². The maximum Gasteiger partial charge on any atom is 0.251 e. The minimum atomic E-state index is -3.25. The Morgan fingerprint density at radius 2 is 1.88 bits per heavy atom. The molecule has 1 aliphatic rings. The van der Waals surface area contributed by atoms with Crippen LogP contribution in [0.2, 0.25) is 0 Å². The third kappa shape index (κ3) is 3.66. The van der Waals surface area contributed by atoms with Crippen molar-refractivity contribution in [3.8, 4) is 0 Å². The van der Waals surface area contributed by atoms with Gasteiger partial charge in [-0.1, -0.05) is 24.3 Å². The highest BCUT2D eigenvalue weighted by Crippen LogP contribution is 2.22. The van der Waals surface area contributed by atoms with E-state index in [2.05, 4.69) is 22.8 Å². The summed E-state index contributed by atoms with van der Waals surface area (Å²) in [6.07, 6.45) is 2.14. The second-order valence-electron chi connectivity index (χ2n) is 5.96. The fraction of sp³-hybridized carbons (Fsp3) is 0.278. The highest BCUT2D eigenvalue weighted by atomic mass is 32.2. The summed E-state index contributed by atoms with van der Waals surface area (Å²) < 4.78 is 22.9. The van der Waals surface area contributed by atoms with Gasteiger partial charge in [0.2, 0.25) is 0 Å². The average Bonchev–Trinajstić information content (AvgIpc) is 2.59. The van der Waals surface area contributed by atoms with Gasteiger partial charge in [-0.2, -0.15) is 0 Å². The summed E-state index contributed by atoms with van der Waals surface area (Å²) >= 11 is 0. The molecule has 1 aliphatic heterocycles. The maximum absolute atomic E-state index is 12.3. The van der Waals surface area contributed by atoms with Crippen molar-refractivity contribution in [2.24, 2.45) is 0 Å². The molecule has 0 aliphatic carbocycles. The van der Waals surface area contributed by atoms with Crippen LogP contribution in [0.1, 0.15) is 27.5 Å². The highest BCUT2D eigenvalue weighted by Gasteiger charge is 2.20. The number of carbonyl (C=O) groups is 1. The van der Waals surface area contributed by atoms with Crippen LogP contribution in [0.25, 0.3) is 0 Å². The van der Waals surface area contributed by atoms with Crippen molar-refractivity contribution < 1.29 is 13.2 Å². The van der Waals surface area contributed by atoms with Gasteiger partial charge in [-0.3, -0.25) is 4.79 Å². The van der Waals surface area contributed by atoms with Crippen LogP contribution in [0, 0.1) is 0 Å². The Morgan fingerprint density at radius 1 is 1.17 bits per heavy atom. The fourth-order valence-electron chi connectivity index (χ4n) is 2.93. The summed E-state index contributed by atoms with van der Waals surface area (Å²) in [5.74, 6) is -0.208. The molecule has 0 saturated heterocycles. The van der Waals surface area contributed by atoms with Crippen molar-refractivity contribution in [2.75, 3.05) is 19.3 Å². The van der Waals surface area contributed by atoms with Crippen LogP contribution in [0.4, 0.5) is 0 Å². The van der Waals surface area contributed by atoms with Crippen molar-refractivity contribution >= 4 is 15.7 Å². The lowest BCUT2D eigenvalue weighted by Gasteiger charge is -2.27. The summed E-state index contributed by atoms with van der Waals surface area (Å²) in [7, 11) is -3.25. The van der Waals surface area contributed by atoms with Crippen molar-refractivity contribution in [3.05, 3.63) is 65.2 Å². The van der Waals surface area contributed by atoms with Crippen molar-refractivity contribution in [3.63, 3.8) is 0 Å². The molecule has 2 N–H and O–H groups in total. The molecule has 0 radical (unpaired) electrons. The molecule has 2 aromatic carbocycles. The van der Waals surface area contributed by atoms with E-state index >= 15 is 0 Å². The van der Waals surface area contributed by atoms with Gasteiger partial charge in [0.1, 0.15) is 0 Å². The van der Waals surface area contributed by atoms with Gasteiger partial charge in [0.15, 0.2) is 9.84 Å². The number of rotatable bonds is 4. The number of amides is 1. The molecular formula is C18H20N2O3S. The summed E-state index contributed by atoms with van der Waals surface area (Å²) in [4.78, 5) is 12.5. The first-order chi connectivity index (χ1) is 11.4. The molecule has 0 bridgehead atoms. The molecule has 5 nitrogen and oxygen atoms in total. The zero-order valence-corrected chi connectivity index (χ0v) is 14.3. The van der Waals surface area contributed by atoms with E-state index in [-0.39, 0.29) is 16.8 Å². The van der Waals surface area contributed by atoms with E-state index in [4.69, 9.17) is 0 Å². The number of carbonyl (C=O) groups excluding carboxylic acids is 1. The minimum Gasteiger partial charge on any atom is -0.350 e. The molecule has 1 atom stereocenters. The van der Waals surface area contributed by atoms with Crippen LogP contribution in [-0.4, -0.2) is 33.7 Å². The van der Waals surface area contributed by atoms with Crippen LogP contribution in [0.5, 0.6) is 0 Å². The summed E-state index contributed by atoms with van der Waals surface area (Å²) in [6, 6.07) is 14.3. The Morgan fingerprint density at radius 3 is 2.58 bits per heavy atom. The first kappa shape index (κ1) is 16.7. The topological polar surface area (TPSA) is 75.3 Å². The van der Waals surface area contributed by atoms with Crippen LogP contribution < -0.4 is 10.6 Å². The van der Waals surface area contributed by atoms with Gasteiger partial charge in [-0.25, -0.2) is 8.42 Å². The van der Waals surface area contributed by atoms with Crippen LogP contribution in [-0.2, 0) is 16.3 Å². The van der Waals surface area contributed by atoms with Gasteiger partial charge in [0, 0.05) is 24.4 Å². The van der Waals surface area contributed by atoms with Crippen molar-refractivity contribution in [1.82, 2.24) is 10.6 Å². The molecule has 1 heterocycles. The highest BCUT2D eigenvalue weighted by molar-refractivity contribution is 7.90. The SMILES string of the molecule is CS(=O)(=O)c1ccc(C(=O)NCC2NCCc3ccccc32)cc1. The molecule has 1 amide bonds. The van der Waals surface area contributed by atoms with Gasteiger partial charge >= 0.3 is 0 Å². The number of nitrogens with one attached hydrogen (secondary N) is 2. The first-order valence-electron chi connectivity index (χ1n) is 7.84. The molecule has 126 valence electrons. The zero-order valence-electron chi connectivity index (χ0n) is 13.5. The third-order valence-electron chi connectivity index (χ3n) is 4.23. The predicted octanol–water partition coefficient (Wildman–Crippen LogP) is 1.71. The minimum absolute atomic E-state index is 0.0918. The van der Waals surface area contributed by atoms with E-state index in [1.165, 1.54) is 35.4 Å². The van der Waals surface area contributed by atoms with Gasteiger partial charge in [-0.15, -0.1) is 0 Å². The van der Waals surface area contributed by atoms with E-state index < -0.39 is 9.84 Å². The first-order valence-corrected chi connectivity index (χ1v) is 9.74. The molecule has 0 fully saturated rings. The molecule has 1 unspecified atom stereocenters. The van der Waals surface area contributed by atoms with E-state index in [1.54, 1.807) is 0 Å². The Balaban J connectivity index is 1.66. The van der Waals surface area contributed by atoms with E-state index in [1.807, 2.05) is 12.1 Å². The Kier molecular flexibility index (Phi) is 4.69. The van der Waals surface area contributed by atoms with Crippen molar-refractivity contribution in [2.45, 2.75) is 17.4 Å². The molecule has 24 heavy (non-hydrogen) atoms. The Labute approximate surface area is 142 Å². The lowest BCUT2D eigenvalue weighted by atomic mass is 9.94. The van der Waals surface area contributed by atoms with E-state index in [9.17, 15) is 13.2 Å². The summed E-state index contributed by atoms with van der Waals surface area (Å²) in [5, 5.41) is 6.33. The van der Waals surface area contributed by atoms with Crippen LogP contribution in [0.3, 0.4) is 0 Å². The maximum atomic E-state index is 12.3. The molecule has 6 heteroatoms. The van der Waals surface area contributed by atoms with Gasteiger partial charge in [0.25, 0.3) is 5.91 Å². The molecule has 2 aromatic rings. The fourth-order valence-corrected chi connectivity index (χ4v) is 3.56. The lowest BCUT2D eigenvalue weighted by Crippen LogP contribution is -2.38. The van der Waals surface area contributed by atoms with E-state index in [0.717, 1.165) is 19.2 Å². The molecule has 0 saturated carbocycles. The second-order valence-corrected chi connectivity index (χ2v) is 7.98. The monoisotopic (exact) mass is 344 g/mol. The third-order valence-corrected chi connectivity index (χ3v) is 5.36.